The maximum Gasteiger partial charge on any atom is 0.325 e. The summed E-state index contributed by atoms with van der Waals surface area (Å²) < 4.78 is 6.78. The number of anilines is 1. The van der Waals surface area contributed by atoms with Gasteiger partial charge in [-0.05, 0) is 68.7 Å². The molecule has 2 amide bonds. The number of amides is 2. The van der Waals surface area contributed by atoms with E-state index in [0.29, 0.717) is 16.9 Å². The highest BCUT2D eigenvalue weighted by atomic mass is 16.5. The van der Waals surface area contributed by atoms with E-state index in [4.69, 9.17) is 4.74 Å². The second-order valence-electron chi connectivity index (χ2n) is 7.91. The molecule has 174 valence electrons. The Balaban J connectivity index is 1.61. The molecular formula is C26H26N4O4. The molecule has 0 saturated carbocycles. The van der Waals surface area contributed by atoms with Gasteiger partial charge in [-0.3, -0.25) is 19.0 Å². The van der Waals surface area contributed by atoms with Crippen molar-refractivity contribution in [2.45, 2.75) is 27.7 Å². The molecule has 8 heteroatoms. The number of rotatable bonds is 7. The van der Waals surface area contributed by atoms with E-state index >= 15 is 0 Å². The summed E-state index contributed by atoms with van der Waals surface area (Å²) in [5.41, 5.74) is 5.13. The lowest BCUT2D eigenvalue weighted by atomic mass is 10.1. The molecule has 0 atom stereocenters. The highest BCUT2D eigenvalue weighted by molar-refractivity contribution is 5.97. The molecule has 0 fully saturated rings. The number of hydrogen-bond acceptors (Lipinski definition) is 5. The zero-order valence-electron chi connectivity index (χ0n) is 19.6. The number of carbonyl (C=O) groups is 3. The van der Waals surface area contributed by atoms with Crippen LogP contribution < -0.4 is 10.6 Å². The Morgan fingerprint density at radius 2 is 1.71 bits per heavy atom. The van der Waals surface area contributed by atoms with Gasteiger partial charge >= 0.3 is 5.97 Å². The number of esters is 1. The van der Waals surface area contributed by atoms with E-state index in [9.17, 15) is 19.6 Å². The van der Waals surface area contributed by atoms with E-state index in [0.717, 1.165) is 28.1 Å². The van der Waals surface area contributed by atoms with Gasteiger partial charge in [0.05, 0.1) is 5.56 Å². The van der Waals surface area contributed by atoms with Gasteiger partial charge in [-0.2, -0.15) is 5.26 Å². The summed E-state index contributed by atoms with van der Waals surface area (Å²) in [4.78, 5) is 36.8. The van der Waals surface area contributed by atoms with E-state index < -0.39 is 24.4 Å². The lowest BCUT2D eigenvalue weighted by Gasteiger charge is -2.13. The third kappa shape index (κ3) is 5.33. The van der Waals surface area contributed by atoms with Gasteiger partial charge in [0.25, 0.3) is 11.8 Å². The van der Waals surface area contributed by atoms with Crippen LogP contribution in [0.5, 0.6) is 0 Å². The van der Waals surface area contributed by atoms with Crippen LogP contribution in [0.1, 0.15) is 38.3 Å². The number of benzene rings is 2. The number of nitriles is 1. The van der Waals surface area contributed by atoms with Crippen LogP contribution in [0.25, 0.3) is 5.69 Å². The average molecular weight is 459 g/mol. The Morgan fingerprint density at radius 3 is 2.35 bits per heavy atom. The molecule has 1 aromatic heterocycles. The van der Waals surface area contributed by atoms with Crippen LogP contribution in [-0.4, -0.2) is 35.5 Å². The molecular weight excluding hydrogens is 432 g/mol. The minimum Gasteiger partial charge on any atom is -0.454 e. The number of nitrogens with zero attached hydrogens (tertiary/aromatic N) is 2. The highest BCUT2D eigenvalue weighted by Gasteiger charge is 2.21. The van der Waals surface area contributed by atoms with Gasteiger partial charge in [0, 0.05) is 16.9 Å². The number of para-hydroxylation sites is 1. The lowest BCUT2D eigenvalue weighted by Crippen LogP contribution is -2.32. The molecule has 0 aliphatic rings. The Morgan fingerprint density at radius 1 is 1.00 bits per heavy atom. The maximum atomic E-state index is 12.5. The molecule has 3 aromatic rings. The van der Waals surface area contributed by atoms with Crippen molar-refractivity contribution in [1.29, 1.82) is 5.26 Å². The molecule has 0 aliphatic heterocycles. The number of aromatic nitrogens is 1. The van der Waals surface area contributed by atoms with Crippen molar-refractivity contribution >= 4 is 23.6 Å². The molecule has 0 radical (unpaired) electrons. The van der Waals surface area contributed by atoms with Crippen molar-refractivity contribution < 1.29 is 19.1 Å². The van der Waals surface area contributed by atoms with Gasteiger partial charge in [0.2, 0.25) is 0 Å². The summed E-state index contributed by atoms with van der Waals surface area (Å²) in [7, 11) is 0. The Kier molecular flexibility index (Phi) is 7.49. The lowest BCUT2D eigenvalue weighted by molar-refractivity contribution is -0.146. The van der Waals surface area contributed by atoms with Crippen LogP contribution in [0.15, 0.2) is 48.5 Å². The predicted molar refractivity (Wildman–Crippen MR) is 128 cm³/mol. The van der Waals surface area contributed by atoms with E-state index in [1.807, 2.05) is 57.2 Å². The maximum absolute atomic E-state index is 12.5. The standard InChI is InChI=1S/C26H26N4O4/c1-16-10-11-20(12-17(16)2)26(33)28-14-24(32)34-15-23(31)29-25-22(13-27)18(3)19(4)30(25)21-8-6-5-7-9-21/h5-12H,14-15H2,1-4H3,(H,28,33)(H,29,31). The zero-order chi connectivity index (χ0) is 24.8. The number of nitrogens with one attached hydrogen (secondary N) is 2. The van der Waals surface area contributed by atoms with Gasteiger partial charge in [-0.1, -0.05) is 24.3 Å². The molecule has 0 bridgehead atoms. The van der Waals surface area contributed by atoms with Gasteiger partial charge in [0.15, 0.2) is 6.61 Å². The van der Waals surface area contributed by atoms with Gasteiger partial charge in [-0.15, -0.1) is 0 Å². The fraction of sp³-hybridized carbons (Fsp3) is 0.231. The second-order valence-corrected chi connectivity index (χ2v) is 7.91. The van der Waals surface area contributed by atoms with Crippen molar-refractivity contribution in [2.75, 3.05) is 18.5 Å². The Labute approximate surface area is 198 Å². The minimum absolute atomic E-state index is 0.313. The van der Waals surface area contributed by atoms with Crippen molar-refractivity contribution in [3.05, 3.63) is 82.0 Å². The number of aryl methyl sites for hydroxylation is 2. The van der Waals surface area contributed by atoms with Crippen molar-refractivity contribution in [3.63, 3.8) is 0 Å². The first kappa shape index (κ1) is 24.3. The number of hydrogen-bond donors (Lipinski definition) is 2. The van der Waals surface area contributed by atoms with Crippen LogP contribution in [0.2, 0.25) is 0 Å². The summed E-state index contributed by atoms with van der Waals surface area (Å²) in [6.45, 7) is 6.58. The number of ether oxygens (including phenoxy) is 1. The predicted octanol–water partition coefficient (Wildman–Crippen LogP) is 3.49. The Bertz CT molecular complexity index is 1290. The van der Waals surface area contributed by atoms with E-state index in [-0.39, 0.29) is 6.54 Å². The van der Waals surface area contributed by atoms with Gasteiger partial charge < -0.3 is 15.4 Å². The Hall–Kier alpha value is -4.38. The highest BCUT2D eigenvalue weighted by Crippen LogP contribution is 2.29. The molecule has 2 N–H and O–H groups in total. The molecule has 0 spiro atoms. The summed E-state index contributed by atoms with van der Waals surface area (Å²) in [6, 6.07) is 16.7. The monoisotopic (exact) mass is 458 g/mol. The summed E-state index contributed by atoms with van der Waals surface area (Å²) in [5.74, 6) is -1.44. The van der Waals surface area contributed by atoms with E-state index in [1.54, 1.807) is 23.6 Å². The molecule has 3 rings (SSSR count). The van der Waals surface area contributed by atoms with Crippen LogP contribution >= 0.6 is 0 Å². The first-order valence-corrected chi connectivity index (χ1v) is 10.7. The molecule has 34 heavy (non-hydrogen) atoms. The van der Waals surface area contributed by atoms with Crippen LogP contribution in [0.4, 0.5) is 5.82 Å². The molecule has 2 aromatic carbocycles. The van der Waals surface area contributed by atoms with E-state index in [1.165, 1.54) is 0 Å². The minimum atomic E-state index is -0.751. The molecule has 0 unspecified atom stereocenters. The molecule has 8 nitrogen and oxygen atoms in total. The van der Waals surface area contributed by atoms with Crippen molar-refractivity contribution in [1.82, 2.24) is 9.88 Å². The summed E-state index contributed by atoms with van der Waals surface area (Å²) in [6.07, 6.45) is 0. The topological polar surface area (TPSA) is 113 Å². The third-order valence-electron chi connectivity index (χ3n) is 5.62. The average Bonchev–Trinajstić information content (AvgIpc) is 3.07. The summed E-state index contributed by atoms with van der Waals surface area (Å²) in [5, 5.41) is 14.8. The van der Waals surface area contributed by atoms with Crippen LogP contribution in [-0.2, 0) is 14.3 Å². The molecule has 0 saturated heterocycles. The van der Waals surface area contributed by atoms with E-state index in [2.05, 4.69) is 16.7 Å². The quantitative estimate of drug-likeness (QED) is 0.526. The van der Waals surface area contributed by atoms with Crippen molar-refractivity contribution in [2.24, 2.45) is 0 Å². The van der Waals surface area contributed by atoms with Crippen LogP contribution in [0, 0.1) is 39.0 Å². The normalized spacial score (nSPS) is 10.3. The zero-order valence-corrected chi connectivity index (χ0v) is 19.6. The molecule has 0 aliphatic carbocycles. The van der Waals surface area contributed by atoms with Gasteiger partial charge in [0.1, 0.15) is 18.4 Å². The van der Waals surface area contributed by atoms with Crippen LogP contribution in [0.3, 0.4) is 0 Å². The fourth-order valence-corrected chi connectivity index (χ4v) is 3.46. The second kappa shape index (κ2) is 10.5. The molecule has 1 heterocycles. The summed E-state index contributed by atoms with van der Waals surface area (Å²) >= 11 is 0. The number of carbonyl (C=O) groups excluding carboxylic acids is 3. The van der Waals surface area contributed by atoms with Crippen molar-refractivity contribution in [3.8, 4) is 11.8 Å². The first-order chi connectivity index (χ1) is 16.2. The third-order valence-corrected chi connectivity index (χ3v) is 5.62. The SMILES string of the molecule is Cc1ccc(C(=O)NCC(=O)OCC(=O)Nc2c(C#N)c(C)c(C)n2-c2ccccc2)cc1C. The fourth-order valence-electron chi connectivity index (χ4n) is 3.46. The first-order valence-electron chi connectivity index (χ1n) is 10.7. The smallest absolute Gasteiger partial charge is 0.325 e. The van der Waals surface area contributed by atoms with Gasteiger partial charge in [-0.25, -0.2) is 0 Å². The largest absolute Gasteiger partial charge is 0.454 e.